The molecule has 0 bridgehead atoms. The summed E-state index contributed by atoms with van der Waals surface area (Å²) in [4.78, 5) is 11.8. The van der Waals surface area contributed by atoms with Crippen molar-refractivity contribution in [3.63, 3.8) is 0 Å². The van der Waals surface area contributed by atoms with Crippen LogP contribution in [0.5, 0.6) is 11.5 Å². The van der Waals surface area contributed by atoms with Gasteiger partial charge in [-0.05, 0) is 36.8 Å². The maximum Gasteiger partial charge on any atom is 0.197 e. The lowest BCUT2D eigenvalue weighted by molar-refractivity contribution is -0.129. The van der Waals surface area contributed by atoms with Crippen LogP contribution in [0.3, 0.4) is 0 Å². The Morgan fingerprint density at radius 1 is 1.00 bits per heavy atom. The van der Waals surface area contributed by atoms with Crippen LogP contribution < -0.4 is 9.47 Å². The van der Waals surface area contributed by atoms with Gasteiger partial charge in [0.15, 0.2) is 29.5 Å². The highest BCUT2D eigenvalue weighted by molar-refractivity contribution is 9.10. The van der Waals surface area contributed by atoms with E-state index in [2.05, 4.69) is 15.9 Å². The maximum atomic E-state index is 11.8. The van der Waals surface area contributed by atoms with Crippen molar-refractivity contribution in [2.45, 2.75) is 19.1 Å². The van der Waals surface area contributed by atoms with Gasteiger partial charge in [-0.3, -0.25) is 4.79 Å². The van der Waals surface area contributed by atoms with Crippen molar-refractivity contribution in [1.82, 2.24) is 0 Å². The van der Waals surface area contributed by atoms with Gasteiger partial charge >= 0.3 is 0 Å². The van der Waals surface area contributed by atoms with Gasteiger partial charge in [0.25, 0.3) is 0 Å². The van der Waals surface area contributed by atoms with Gasteiger partial charge in [0.1, 0.15) is 0 Å². The molecule has 0 aliphatic carbocycles. The predicted octanol–water partition coefficient (Wildman–Crippen LogP) is 3.92. The molecule has 1 aliphatic rings. The normalized spacial score (nSPS) is 20.5. The fourth-order valence-electron chi connectivity index (χ4n) is 2.23. The fourth-order valence-corrected chi connectivity index (χ4v) is 2.50. The summed E-state index contributed by atoms with van der Waals surface area (Å²) in [5, 5.41) is 0. The number of carbonyl (C=O) groups excluding carboxylic acids is 1. The molecule has 2 aromatic rings. The lowest BCUT2D eigenvalue weighted by Gasteiger charge is -2.32. The van der Waals surface area contributed by atoms with Gasteiger partial charge in [-0.25, -0.2) is 0 Å². The molecule has 0 amide bonds. The Balaban J connectivity index is 2.00. The van der Waals surface area contributed by atoms with Gasteiger partial charge in [-0.15, -0.1) is 0 Å². The van der Waals surface area contributed by atoms with Gasteiger partial charge in [0.2, 0.25) is 0 Å². The minimum absolute atomic E-state index is 0.0487. The number of benzene rings is 2. The van der Waals surface area contributed by atoms with Crippen LogP contribution in [0.1, 0.15) is 18.6 Å². The predicted molar refractivity (Wildman–Crippen MR) is 79.1 cm³/mol. The lowest BCUT2D eigenvalue weighted by Crippen LogP contribution is -2.38. The van der Waals surface area contributed by atoms with Gasteiger partial charge in [-0.2, -0.15) is 0 Å². The molecule has 2 aromatic carbocycles. The Hall–Kier alpha value is -1.81. The third-order valence-electron chi connectivity index (χ3n) is 3.23. The number of Topliss-reactive ketones (excluding diaryl/α,β-unsaturated/α-hetero) is 1. The lowest BCUT2D eigenvalue weighted by atomic mass is 10.0. The second kappa shape index (κ2) is 5.29. The molecule has 3 rings (SSSR count). The number of ketones is 1. The molecule has 0 fully saturated rings. The number of halogens is 1. The number of rotatable bonds is 2. The van der Waals surface area contributed by atoms with E-state index in [1.807, 2.05) is 48.5 Å². The zero-order chi connectivity index (χ0) is 14.1. The SMILES string of the molecule is CC(=O)C1Oc2ccccc2OC1c1ccc(Br)cc1. The van der Waals surface area contributed by atoms with Crippen molar-refractivity contribution in [3.05, 3.63) is 58.6 Å². The van der Waals surface area contributed by atoms with Crippen LogP contribution in [-0.4, -0.2) is 11.9 Å². The van der Waals surface area contributed by atoms with Crippen LogP contribution in [-0.2, 0) is 4.79 Å². The largest absolute Gasteiger partial charge is 0.477 e. The van der Waals surface area contributed by atoms with Crippen molar-refractivity contribution in [2.75, 3.05) is 0 Å². The number of carbonyl (C=O) groups is 1. The zero-order valence-corrected chi connectivity index (χ0v) is 12.5. The van der Waals surface area contributed by atoms with Crippen LogP contribution in [0.25, 0.3) is 0 Å². The van der Waals surface area contributed by atoms with Crippen LogP contribution in [0, 0.1) is 0 Å². The third-order valence-corrected chi connectivity index (χ3v) is 3.76. The molecule has 0 radical (unpaired) electrons. The Labute approximate surface area is 125 Å². The number of hydrogen-bond donors (Lipinski definition) is 0. The first kappa shape index (κ1) is 13.2. The van der Waals surface area contributed by atoms with E-state index < -0.39 is 12.2 Å². The van der Waals surface area contributed by atoms with Gasteiger partial charge < -0.3 is 9.47 Å². The summed E-state index contributed by atoms with van der Waals surface area (Å²) in [7, 11) is 0. The van der Waals surface area contributed by atoms with Crippen molar-refractivity contribution in [1.29, 1.82) is 0 Å². The Morgan fingerprint density at radius 2 is 1.60 bits per heavy atom. The number of para-hydroxylation sites is 2. The monoisotopic (exact) mass is 332 g/mol. The number of fused-ring (bicyclic) bond motifs is 1. The van der Waals surface area contributed by atoms with E-state index in [0.717, 1.165) is 10.0 Å². The number of hydrogen-bond acceptors (Lipinski definition) is 3. The first-order valence-corrected chi connectivity index (χ1v) is 7.13. The summed E-state index contributed by atoms with van der Waals surface area (Å²) < 4.78 is 12.8. The molecule has 2 atom stereocenters. The van der Waals surface area contributed by atoms with E-state index in [4.69, 9.17) is 9.47 Å². The van der Waals surface area contributed by atoms with Gasteiger partial charge in [0, 0.05) is 4.47 Å². The highest BCUT2D eigenvalue weighted by Crippen LogP contribution is 2.39. The minimum atomic E-state index is -0.619. The van der Waals surface area contributed by atoms with Crippen molar-refractivity contribution >= 4 is 21.7 Å². The Morgan fingerprint density at radius 3 is 2.20 bits per heavy atom. The van der Waals surface area contributed by atoms with E-state index in [9.17, 15) is 4.79 Å². The van der Waals surface area contributed by atoms with Crippen LogP contribution in [0.2, 0.25) is 0 Å². The second-order valence-corrected chi connectivity index (χ2v) is 5.60. The van der Waals surface area contributed by atoms with Gasteiger partial charge in [0.05, 0.1) is 0 Å². The Kier molecular flexibility index (Phi) is 3.49. The minimum Gasteiger partial charge on any atom is -0.477 e. The smallest absolute Gasteiger partial charge is 0.197 e. The van der Waals surface area contributed by atoms with E-state index in [0.29, 0.717) is 11.5 Å². The van der Waals surface area contributed by atoms with Crippen LogP contribution in [0.4, 0.5) is 0 Å². The van der Waals surface area contributed by atoms with E-state index in [-0.39, 0.29) is 5.78 Å². The molecule has 4 heteroatoms. The highest BCUT2D eigenvalue weighted by Gasteiger charge is 2.35. The van der Waals surface area contributed by atoms with Gasteiger partial charge in [-0.1, -0.05) is 40.2 Å². The molecule has 2 unspecified atom stereocenters. The molecule has 0 saturated heterocycles. The van der Waals surface area contributed by atoms with E-state index >= 15 is 0 Å². The third kappa shape index (κ3) is 2.43. The first-order chi connectivity index (χ1) is 9.65. The van der Waals surface area contributed by atoms with Crippen molar-refractivity contribution in [3.8, 4) is 11.5 Å². The second-order valence-electron chi connectivity index (χ2n) is 4.69. The average molecular weight is 333 g/mol. The summed E-state index contributed by atoms with van der Waals surface area (Å²) in [5.41, 5.74) is 0.919. The number of ether oxygens (including phenoxy) is 2. The molecule has 3 nitrogen and oxygen atoms in total. The van der Waals surface area contributed by atoms with Crippen molar-refractivity contribution in [2.24, 2.45) is 0 Å². The molecule has 20 heavy (non-hydrogen) atoms. The first-order valence-electron chi connectivity index (χ1n) is 6.33. The summed E-state index contributed by atoms with van der Waals surface area (Å²) in [6.07, 6.45) is -1.04. The topological polar surface area (TPSA) is 35.5 Å². The zero-order valence-electron chi connectivity index (χ0n) is 10.9. The standard InChI is InChI=1S/C16H13BrO3/c1-10(18)15-16(11-6-8-12(17)9-7-11)20-14-5-3-2-4-13(14)19-15/h2-9,15-16H,1H3. The fraction of sp³-hybridized carbons (Fsp3) is 0.188. The molecular weight excluding hydrogens is 320 g/mol. The van der Waals surface area contributed by atoms with Crippen LogP contribution >= 0.6 is 15.9 Å². The van der Waals surface area contributed by atoms with Crippen molar-refractivity contribution < 1.29 is 14.3 Å². The molecule has 1 aliphatic heterocycles. The Bertz CT molecular complexity index is 636. The summed E-state index contributed by atoms with van der Waals surface area (Å²) in [6, 6.07) is 15.1. The summed E-state index contributed by atoms with van der Waals surface area (Å²) in [5.74, 6) is 1.23. The molecule has 0 N–H and O–H groups in total. The van der Waals surface area contributed by atoms with E-state index in [1.165, 1.54) is 6.92 Å². The molecule has 0 saturated carbocycles. The summed E-state index contributed by atoms with van der Waals surface area (Å²) in [6.45, 7) is 1.52. The quantitative estimate of drug-likeness (QED) is 0.836. The van der Waals surface area contributed by atoms with Crippen LogP contribution in [0.15, 0.2) is 53.0 Å². The summed E-state index contributed by atoms with van der Waals surface area (Å²) >= 11 is 3.40. The molecule has 1 heterocycles. The average Bonchev–Trinajstić information content (AvgIpc) is 2.46. The van der Waals surface area contributed by atoms with E-state index in [1.54, 1.807) is 0 Å². The molecule has 0 aromatic heterocycles. The molecule has 102 valence electrons. The molecule has 0 spiro atoms. The highest BCUT2D eigenvalue weighted by atomic mass is 79.9. The maximum absolute atomic E-state index is 11.8. The molecular formula is C16H13BrO3.